The van der Waals surface area contributed by atoms with Crippen LogP contribution >= 0.6 is 0 Å². The summed E-state index contributed by atoms with van der Waals surface area (Å²) in [6, 6.07) is 0. The van der Waals surface area contributed by atoms with Crippen LogP contribution in [0.2, 0.25) is 0 Å². The van der Waals surface area contributed by atoms with Gasteiger partial charge >= 0.3 is 0 Å². The van der Waals surface area contributed by atoms with Gasteiger partial charge in [-0.2, -0.15) is 0 Å². The lowest BCUT2D eigenvalue weighted by atomic mass is 9.98. The van der Waals surface area contributed by atoms with Gasteiger partial charge in [0.1, 0.15) is 0 Å². The average molecular weight is 210 g/mol. The van der Waals surface area contributed by atoms with Crippen LogP contribution < -0.4 is 5.32 Å². The standard InChI is InChI=1S/C13H26N2/c1-4-6-7-10-15-11-8-9-14-13(3,5-2)12-15/h4,6,14H,5,7-12H2,1-3H3/b6-4+. The Bertz CT molecular complexity index is 201. The molecule has 0 aromatic heterocycles. The zero-order valence-corrected chi connectivity index (χ0v) is 10.6. The first-order valence-corrected chi connectivity index (χ1v) is 6.29. The van der Waals surface area contributed by atoms with Crippen LogP contribution in [0.1, 0.15) is 40.0 Å². The van der Waals surface area contributed by atoms with Crippen molar-refractivity contribution >= 4 is 0 Å². The Balaban J connectivity index is 2.42. The molecular weight excluding hydrogens is 184 g/mol. The van der Waals surface area contributed by atoms with E-state index >= 15 is 0 Å². The molecule has 1 aliphatic heterocycles. The summed E-state index contributed by atoms with van der Waals surface area (Å²) in [5, 5.41) is 3.67. The van der Waals surface area contributed by atoms with Crippen LogP contribution in [-0.2, 0) is 0 Å². The maximum atomic E-state index is 3.67. The van der Waals surface area contributed by atoms with Gasteiger partial charge in [0.25, 0.3) is 0 Å². The molecule has 2 heteroatoms. The van der Waals surface area contributed by atoms with Gasteiger partial charge in [-0.05, 0) is 46.2 Å². The summed E-state index contributed by atoms with van der Waals surface area (Å²) in [5.41, 5.74) is 0.326. The third-order valence-electron chi connectivity index (χ3n) is 3.40. The van der Waals surface area contributed by atoms with E-state index in [1.54, 1.807) is 0 Å². The van der Waals surface area contributed by atoms with Gasteiger partial charge in [-0.25, -0.2) is 0 Å². The second kappa shape index (κ2) is 6.29. The number of nitrogens with one attached hydrogen (secondary N) is 1. The summed E-state index contributed by atoms with van der Waals surface area (Å²) in [7, 11) is 0. The van der Waals surface area contributed by atoms with E-state index in [9.17, 15) is 0 Å². The summed E-state index contributed by atoms with van der Waals surface area (Å²) in [5.74, 6) is 0. The van der Waals surface area contributed by atoms with Crippen LogP contribution in [0.15, 0.2) is 12.2 Å². The Morgan fingerprint density at radius 2 is 2.27 bits per heavy atom. The number of allylic oxidation sites excluding steroid dienone is 1. The third-order valence-corrected chi connectivity index (χ3v) is 3.40. The lowest BCUT2D eigenvalue weighted by molar-refractivity contribution is 0.218. The second-order valence-electron chi connectivity index (χ2n) is 4.83. The smallest absolute Gasteiger partial charge is 0.0277 e. The Labute approximate surface area is 94.7 Å². The Kier molecular flexibility index (Phi) is 5.34. The first kappa shape index (κ1) is 12.7. The van der Waals surface area contributed by atoms with Crippen molar-refractivity contribution in [2.45, 2.75) is 45.6 Å². The molecule has 1 atom stereocenters. The van der Waals surface area contributed by atoms with E-state index < -0.39 is 0 Å². The first-order chi connectivity index (χ1) is 7.20. The van der Waals surface area contributed by atoms with Crippen molar-refractivity contribution in [1.82, 2.24) is 10.2 Å². The van der Waals surface area contributed by atoms with Crippen LogP contribution in [0, 0.1) is 0 Å². The maximum Gasteiger partial charge on any atom is 0.0277 e. The summed E-state index contributed by atoms with van der Waals surface area (Å²) >= 11 is 0. The summed E-state index contributed by atoms with van der Waals surface area (Å²) in [4.78, 5) is 2.60. The Morgan fingerprint density at radius 1 is 1.47 bits per heavy atom. The van der Waals surface area contributed by atoms with Crippen LogP contribution in [0.4, 0.5) is 0 Å². The van der Waals surface area contributed by atoms with E-state index in [0.717, 1.165) is 0 Å². The molecule has 0 bridgehead atoms. The highest BCUT2D eigenvalue weighted by Gasteiger charge is 2.26. The maximum absolute atomic E-state index is 3.67. The fourth-order valence-corrected chi connectivity index (χ4v) is 2.17. The number of hydrogen-bond donors (Lipinski definition) is 1. The van der Waals surface area contributed by atoms with Crippen molar-refractivity contribution in [3.63, 3.8) is 0 Å². The van der Waals surface area contributed by atoms with E-state index in [1.165, 1.54) is 45.4 Å². The number of rotatable bonds is 4. The van der Waals surface area contributed by atoms with Crippen molar-refractivity contribution in [2.24, 2.45) is 0 Å². The van der Waals surface area contributed by atoms with Crippen LogP contribution in [0.3, 0.4) is 0 Å². The molecule has 1 heterocycles. The molecule has 0 spiro atoms. The molecule has 0 aliphatic carbocycles. The monoisotopic (exact) mass is 210 g/mol. The molecule has 2 nitrogen and oxygen atoms in total. The zero-order chi connectivity index (χ0) is 11.1. The van der Waals surface area contributed by atoms with Crippen LogP contribution in [0.5, 0.6) is 0 Å². The molecule has 1 saturated heterocycles. The quantitative estimate of drug-likeness (QED) is 0.717. The van der Waals surface area contributed by atoms with Crippen molar-refractivity contribution in [1.29, 1.82) is 0 Å². The van der Waals surface area contributed by atoms with Gasteiger partial charge in [-0.3, -0.25) is 0 Å². The molecule has 1 N–H and O–H groups in total. The minimum absolute atomic E-state index is 0.326. The molecule has 0 saturated carbocycles. The number of hydrogen-bond acceptors (Lipinski definition) is 2. The molecule has 0 radical (unpaired) electrons. The van der Waals surface area contributed by atoms with E-state index in [2.05, 4.69) is 43.1 Å². The van der Waals surface area contributed by atoms with E-state index in [-0.39, 0.29) is 0 Å². The predicted molar refractivity (Wildman–Crippen MR) is 67.2 cm³/mol. The summed E-state index contributed by atoms with van der Waals surface area (Å²) in [6.07, 6.45) is 8.10. The fraction of sp³-hybridized carbons (Fsp3) is 0.846. The highest BCUT2D eigenvalue weighted by Crippen LogP contribution is 2.15. The normalized spacial score (nSPS) is 29.5. The van der Waals surface area contributed by atoms with Gasteiger partial charge in [0, 0.05) is 18.6 Å². The highest BCUT2D eigenvalue weighted by molar-refractivity contribution is 4.89. The topological polar surface area (TPSA) is 15.3 Å². The van der Waals surface area contributed by atoms with Crippen LogP contribution in [0.25, 0.3) is 0 Å². The minimum Gasteiger partial charge on any atom is -0.310 e. The number of nitrogens with zero attached hydrogens (tertiary/aromatic N) is 1. The highest BCUT2D eigenvalue weighted by atomic mass is 15.2. The lowest BCUT2D eigenvalue weighted by Gasteiger charge is -2.32. The van der Waals surface area contributed by atoms with Crippen molar-refractivity contribution in [3.8, 4) is 0 Å². The molecule has 15 heavy (non-hydrogen) atoms. The Morgan fingerprint density at radius 3 is 2.93 bits per heavy atom. The fourth-order valence-electron chi connectivity index (χ4n) is 2.17. The molecule has 1 fully saturated rings. The van der Waals surface area contributed by atoms with Gasteiger partial charge in [0.05, 0.1) is 0 Å². The zero-order valence-electron chi connectivity index (χ0n) is 10.6. The van der Waals surface area contributed by atoms with E-state index in [4.69, 9.17) is 0 Å². The summed E-state index contributed by atoms with van der Waals surface area (Å²) in [6.45, 7) is 11.6. The Hall–Kier alpha value is -0.340. The molecule has 1 aliphatic rings. The molecule has 1 unspecified atom stereocenters. The van der Waals surface area contributed by atoms with Gasteiger partial charge < -0.3 is 10.2 Å². The largest absolute Gasteiger partial charge is 0.310 e. The molecule has 1 rings (SSSR count). The summed E-state index contributed by atoms with van der Waals surface area (Å²) < 4.78 is 0. The molecular formula is C13H26N2. The van der Waals surface area contributed by atoms with E-state index in [0.29, 0.717) is 5.54 Å². The van der Waals surface area contributed by atoms with Crippen molar-refractivity contribution in [3.05, 3.63) is 12.2 Å². The van der Waals surface area contributed by atoms with Gasteiger partial charge in [0.15, 0.2) is 0 Å². The molecule has 0 amide bonds. The SMILES string of the molecule is C/C=C/CCN1CCCNC(C)(CC)C1. The minimum atomic E-state index is 0.326. The van der Waals surface area contributed by atoms with E-state index in [1.807, 2.05) is 0 Å². The molecule has 0 aromatic carbocycles. The predicted octanol–water partition coefficient (Wildman–Crippen LogP) is 2.42. The van der Waals surface area contributed by atoms with Gasteiger partial charge in [-0.1, -0.05) is 19.1 Å². The van der Waals surface area contributed by atoms with Crippen LogP contribution in [-0.4, -0.2) is 36.6 Å². The van der Waals surface area contributed by atoms with Crippen molar-refractivity contribution < 1.29 is 0 Å². The van der Waals surface area contributed by atoms with Crippen molar-refractivity contribution in [2.75, 3.05) is 26.2 Å². The average Bonchev–Trinajstić information content (AvgIpc) is 2.42. The second-order valence-corrected chi connectivity index (χ2v) is 4.83. The van der Waals surface area contributed by atoms with Gasteiger partial charge in [0.2, 0.25) is 0 Å². The van der Waals surface area contributed by atoms with Gasteiger partial charge in [-0.15, -0.1) is 0 Å². The molecule has 88 valence electrons. The third kappa shape index (κ3) is 4.35. The lowest BCUT2D eigenvalue weighted by Crippen LogP contribution is -2.48. The first-order valence-electron chi connectivity index (χ1n) is 6.29. The molecule has 0 aromatic rings.